The number of aromatic nitrogens is 5. The first kappa shape index (κ1) is 13.2. The Morgan fingerprint density at radius 3 is 3.09 bits per heavy atom. The van der Waals surface area contributed by atoms with E-state index in [0.717, 1.165) is 54.3 Å². The van der Waals surface area contributed by atoms with Gasteiger partial charge in [0.15, 0.2) is 0 Å². The van der Waals surface area contributed by atoms with Crippen LogP contribution in [0.5, 0.6) is 0 Å². The van der Waals surface area contributed by atoms with Gasteiger partial charge in [0.05, 0.1) is 5.39 Å². The molecule has 1 fully saturated rings. The molecule has 0 aromatic carbocycles. The van der Waals surface area contributed by atoms with E-state index in [2.05, 4.69) is 29.8 Å². The molecule has 4 rings (SSSR count). The van der Waals surface area contributed by atoms with Crippen molar-refractivity contribution in [3.8, 4) is 0 Å². The topological polar surface area (TPSA) is 70.6 Å². The van der Waals surface area contributed by atoms with Gasteiger partial charge >= 0.3 is 0 Å². The van der Waals surface area contributed by atoms with Crippen LogP contribution >= 0.6 is 0 Å². The van der Waals surface area contributed by atoms with Gasteiger partial charge in [0.2, 0.25) is 0 Å². The monoisotopic (exact) mass is 294 g/mol. The Balaban J connectivity index is 1.65. The normalized spacial score (nSPS) is 18.8. The van der Waals surface area contributed by atoms with Crippen molar-refractivity contribution in [3.63, 3.8) is 0 Å². The van der Waals surface area contributed by atoms with Gasteiger partial charge in [0, 0.05) is 37.1 Å². The molecule has 1 aliphatic rings. The van der Waals surface area contributed by atoms with Gasteiger partial charge < -0.3 is 9.88 Å². The fourth-order valence-electron chi connectivity index (χ4n) is 3.22. The van der Waals surface area contributed by atoms with Crippen LogP contribution in [0.15, 0.2) is 30.9 Å². The van der Waals surface area contributed by atoms with Gasteiger partial charge in [-0.25, -0.2) is 19.9 Å². The number of hydrogen-bond donors (Lipinski definition) is 1. The molecule has 6 heteroatoms. The van der Waals surface area contributed by atoms with E-state index in [1.165, 1.54) is 0 Å². The molecule has 112 valence electrons. The predicted molar refractivity (Wildman–Crippen MR) is 84.8 cm³/mol. The van der Waals surface area contributed by atoms with Crippen molar-refractivity contribution < 1.29 is 0 Å². The van der Waals surface area contributed by atoms with Crippen LogP contribution in [0.4, 0.5) is 5.82 Å². The second kappa shape index (κ2) is 5.36. The fourth-order valence-corrected chi connectivity index (χ4v) is 3.22. The van der Waals surface area contributed by atoms with Crippen molar-refractivity contribution in [1.29, 1.82) is 0 Å². The zero-order valence-electron chi connectivity index (χ0n) is 12.5. The summed E-state index contributed by atoms with van der Waals surface area (Å²) in [7, 11) is 0. The number of hydrogen-bond acceptors (Lipinski definition) is 5. The summed E-state index contributed by atoms with van der Waals surface area (Å²) in [5.41, 5.74) is 2.03. The summed E-state index contributed by atoms with van der Waals surface area (Å²) < 4.78 is 0. The third-order valence-electron chi connectivity index (χ3n) is 4.27. The average Bonchev–Trinajstić information content (AvgIpc) is 3.03. The second-order valence-electron chi connectivity index (χ2n) is 5.75. The van der Waals surface area contributed by atoms with Crippen LogP contribution in [0, 0.1) is 6.92 Å². The third kappa shape index (κ3) is 2.30. The van der Waals surface area contributed by atoms with E-state index in [9.17, 15) is 0 Å². The smallest absolute Gasteiger partial charge is 0.142 e. The summed E-state index contributed by atoms with van der Waals surface area (Å²) >= 11 is 0. The lowest BCUT2D eigenvalue weighted by molar-refractivity contribution is 0.498. The molecule has 0 unspecified atom stereocenters. The van der Waals surface area contributed by atoms with Crippen molar-refractivity contribution >= 4 is 16.9 Å². The van der Waals surface area contributed by atoms with Gasteiger partial charge in [-0.1, -0.05) is 0 Å². The molecule has 0 bridgehead atoms. The lowest BCUT2D eigenvalue weighted by atomic mass is 9.94. The van der Waals surface area contributed by atoms with Gasteiger partial charge in [-0.2, -0.15) is 0 Å². The zero-order chi connectivity index (χ0) is 14.9. The van der Waals surface area contributed by atoms with Crippen molar-refractivity contribution in [1.82, 2.24) is 24.9 Å². The Bertz CT molecular complexity index is 796. The first-order valence-electron chi connectivity index (χ1n) is 7.64. The maximum absolute atomic E-state index is 4.60. The lowest BCUT2D eigenvalue weighted by Crippen LogP contribution is -2.35. The fraction of sp³-hybridized carbons (Fsp3) is 0.375. The largest absolute Gasteiger partial charge is 0.355 e. The molecule has 0 amide bonds. The summed E-state index contributed by atoms with van der Waals surface area (Å²) in [6.45, 7) is 3.91. The van der Waals surface area contributed by atoms with Crippen LogP contribution in [-0.2, 0) is 0 Å². The molecule has 4 heterocycles. The maximum Gasteiger partial charge on any atom is 0.142 e. The summed E-state index contributed by atoms with van der Waals surface area (Å²) in [6, 6.07) is 4.08. The highest BCUT2D eigenvalue weighted by atomic mass is 15.2. The van der Waals surface area contributed by atoms with E-state index in [-0.39, 0.29) is 0 Å². The molecule has 3 aromatic heterocycles. The first-order valence-corrected chi connectivity index (χ1v) is 7.64. The minimum absolute atomic E-state index is 0.430. The Labute approximate surface area is 128 Å². The Hall–Kier alpha value is -2.50. The van der Waals surface area contributed by atoms with E-state index >= 15 is 0 Å². The molecule has 1 aliphatic heterocycles. The van der Waals surface area contributed by atoms with Gasteiger partial charge in [0.25, 0.3) is 0 Å². The van der Waals surface area contributed by atoms with Gasteiger partial charge in [-0.05, 0) is 31.9 Å². The van der Waals surface area contributed by atoms with Crippen LogP contribution in [-0.4, -0.2) is 38.0 Å². The second-order valence-corrected chi connectivity index (χ2v) is 5.75. The van der Waals surface area contributed by atoms with E-state index in [1.807, 2.05) is 31.5 Å². The van der Waals surface area contributed by atoms with Crippen LogP contribution in [0.1, 0.15) is 30.3 Å². The highest BCUT2D eigenvalue weighted by molar-refractivity contribution is 5.87. The minimum Gasteiger partial charge on any atom is -0.355 e. The van der Waals surface area contributed by atoms with Crippen LogP contribution in [0.3, 0.4) is 0 Å². The van der Waals surface area contributed by atoms with Crippen LogP contribution in [0.2, 0.25) is 0 Å². The van der Waals surface area contributed by atoms with E-state index in [4.69, 9.17) is 0 Å². The molecule has 1 N–H and O–H groups in total. The van der Waals surface area contributed by atoms with Crippen molar-refractivity contribution in [3.05, 3.63) is 42.4 Å². The summed E-state index contributed by atoms with van der Waals surface area (Å²) in [4.78, 5) is 23.1. The third-order valence-corrected chi connectivity index (χ3v) is 4.27. The highest BCUT2D eigenvalue weighted by Crippen LogP contribution is 2.30. The standard InChI is InChI=1S/C16H18N6/c1-11-17-7-5-14(21-11)12-3-2-8-22(9-12)16-13-4-6-18-15(13)19-10-20-16/h4-7,10,12H,2-3,8-9H2,1H3,(H,18,19,20)/t12-/m0/s1. The molecule has 1 atom stereocenters. The number of nitrogens with zero attached hydrogens (tertiary/aromatic N) is 5. The number of aromatic amines is 1. The summed E-state index contributed by atoms with van der Waals surface area (Å²) in [5.74, 6) is 2.28. The molecule has 22 heavy (non-hydrogen) atoms. The van der Waals surface area contributed by atoms with Crippen molar-refractivity contribution in [2.24, 2.45) is 0 Å². The average molecular weight is 294 g/mol. The van der Waals surface area contributed by atoms with Crippen LogP contribution in [0.25, 0.3) is 11.0 Å². The molecule has 1 saturated heterocycles. The number of fused-ring (bicyclic) bond motifs is 1. The Morgan fingerprint density at radius 2 is 2.18 bits per heavy atom. The van der Waals surface area contributed by atoms with Crippen molar-refractivity contribution in [2.45, 2.75) is 25.7 Å². The molecule has 6 nitrogen and oxygen atoms in total. The van der Waals surface area contributed by atoms with E-state index < -0.39 is 0 Å². The molecule has 0 aliphatic carbocycles. The Kier molecular flexibility index (Phi) is 3.21. The van der Waals surface area contributed by atoms with Gasteiger partial charge in [0.1, 0.15) is 23.6 Å². The number of anilines is 1. The molecule has 3 aromatic rings. The van der Waals surface area contributed by atoms with Gasteiger partial charge in [-0.15, -0.1) is 0 Å². The van der Waals surface area contributed by atoms with Crippen LogP contribution < -0.4 is 4.90 Å². The zero-order valence-corrected chi connectivity index (χ0v) is 12.5. The quantitative estimate of drug-likeness (QED) is 0.786. The number of piperidine rings is 1. The SMILES string of the molecule is Cc1nccc([C@H]2CCCN(c3ncnc4[nH]ccc34)C2)n1. The molecule has 0 saturated carbocycles. The highest BCUT2D eigenvalue weighted by Gasteiger charge is 2.24. The molecular weight excluding hydrogens is 276 g/mol. The molecule has 0 radical (unpaired) electrons. The van der Waals surface area contributed by atoms with Gasteiger partial charge in [-0.3, -0.25) is 0 Å². The molecule has 0 spiro atoms. The number of nitrogens with one attached hydrogen (secondary N) is 1. The summed E-state index contributed by atoms with van der Waals surface area (Å²) in [5, 5.41) is 1.09. The van der Waals surface area contributed by atoms with Crippen molar-refractivity contribution in [2.75, 3.05) is 18.0 Å². The minimum atomic E-state index is 0.430. The predicted octanol–water partition coefficient (Wildman–Crippen LogP) is 2.44. The Morgan fingerprint density at radius 1 is 1.23 bits per heavy atom. The van der Waals surface area contributed by atoms with E-state index in [1.54, 1.807) is 6.33 Å². The number of aryl methyl sites for hydroxylation is 1. The lowest BCUT2D eigenvalue weighted by Gasteiger charge is -2.33. The number of H-pyrrole nitrogens is 1. The number of rotatable bonds is 2. The van der Waals surface area contributed by atoms with E-state index in [0.29, 0.717) is 5.92 Å². The maximum atomic E-state index is 4.60. The first-order chi connectivity index (χ1) is 10.8. The summed E-state index contributed by atoms with van der Waals surface area (Å²) in [6.07, 6.45) is 7.70. The molecular formula is C16H18N6.